The summed E-state index contributed by atoms with van der Waals surface area (Å²) in [6.07, 6.45) is 1.63. The minimum absolute atomic E-state index is 0.238. The number of tetrazole rings is 1. The van der Waals surface area contributed by atoms with Crippen LogP contribution in [0.5, 0.6) is 11.5 Å². The zero-order chi connectivity index (χ0) is 27.9. The van der Waals surface area contributed by atoms with Gasteiger partial charge < -0.3 is 23.6 Å². The van der Waals surface area contributed by atoms with Gasteiger partial charge in [-0.25, -0.2) is 4.68 Å². The lowest BCUT2D eigenvalue weighted by atomic mass is 10.0. The Hall–Kier alpha value is -4.48. The van der Waals surface area contributed by atoms with E-state index in [1.807, 2.05) is 67.6 Å². The lowest BCUT2D eigenvalue weighted by Gasteiger charge is -2.30. The molecule has 0 spiro atoms. The fourth-order valence-electron chi connectivity index (χ4n) is 4.75. The normalized spacial score (nSPS) is 12.2. The number of pyridine rings is 1. The van der Waals surface area contributed by atoms with Crippen molar-refractivity contribution < 1.29 is 18.6 Å². The van der Waals surface area contributed by atoms with Crippen molar-refractivity contribution in [1.29, 1.82) is 0 Å². The summed E-state index contributed by atoms with van der Waals surface area (Å²) >= 11 is 0. The molecule has 11 nitrogen and oxygen atoms in total. The van der Waals surface area contributed by atoms with Crippen molar-refractivity contribution in [2.45, 2.75) is 32.6 Å². The van der Waals surface area contributed by atoms with Crippen LogP contribution in [-0.4, -0.2) is 57.5 Å². The Labute approximate surface area is 231 Å². The summed E-state index contributed by atoms with van der Waals surface area (Å²) in [5.41, 5.74) is 1.95. The maximum Gasteiger partial charge on any atom is 0.253 e. The van der Waals surface area contributed by atoms with Gasteiger partial charge in [-0.05, 0) is 71.4 Å². The number of methoxy groups -OCH3 is 2. The van der Waals surface area contributed by atoms with Gasteiger partial charge in [0.2, 0.25) is 0 Å². The number of nitrogens with zero attached hydrogens (tertiary/aromatic N) is 5. The number of H-pyrrole nitrogens is 1. The molecule has 1 unspecified atom stereocenters. The van der Waals surface area contributed by atoms with Crippen molar-refractivity contribution in [1.82, 2.24) is 30.1 Å². The Kier molecular flexibility index (Phi) is 8.53. The molecule has 0 saturated heterocycles. The molecule has 0 aliphatic carbocycles. The first kappa shape index (κ1) is 27.1. The van der Waals surface area contributed by atoms with Gasteiger partial charge in [0.1, 0.15) is 23.3 Å². The number of hydrogen-bond acceptors (Lipinski definition) is 9. The van der Waals surface area contributed by atoms with E-state index < -0.39 is 6.04 Å². The highest BCUT2D eigenvalue weighted by Crippen LogP contribution is 2.31. The summed E-state index contributed by atoms with van der Waals surface area (Å²) in [5.74, 6) is 2.71. The van der Waals surface area contributed by atoms with Gasteiger partial charge in [0.15, 0.2) is 5.82 Å². The van der Waals surface area contributed by atoms with E-state index in [4.69, 9.17) is 18.6 Å². The van der Waals surface area contributed by atoms with Crippen LogP contribution in [0.2, 0.25) is 0 Å². The monoisotopic (exact) mass is 544 g/mol. The summed E-state index contributed by atoms with van der Waals surface area (Å²) in [7, 11) is 3.26. The number of aromatic amines is 1. The minimum Gasteiger partial charge on any atom is -0.497 e. The Balaban J connectivity index is 1.68. The number of benzene rings is 2. The van der Waals surface area contributed by atoms with Gasteiger partial charge in [0.25, 0.3) is 5.56 Å². The van der Waals surface area contributed by atoms with Crippen molar-refractivity contribution in [3.63, 3.8) is 0 Å². The van der Waals surface area contributed by atoms with Gasteiger partial charge in [-0.2, -0.15) is 0 Å². The number of rotatable bonds is 13. The molecule has 1 atom stereocenters. The van der Waals surface area contributed by atoms with E-state index >= 15 is 0 Å². The molecule has 3 aromatic heterocycles. The summed E-state index contributed by atoms with van der Waals surface area (Å²) in [6.45, 7) is 4.14. The number of nitrogens with one attached hydrogen (secondary N) is 1. The maximum atomic E-state index is 13.7. The average Bonchev–Trinajstić information content (AvgIpc) is 3.65. The minimum atomic E-state index is -0.632. The Bertz CT molecular complexity index is 1600. The van der Waals surface area contributed by atoms with Crippen molar-refractivity contribution >= 4 is 10.9 Å². The maximum absolute atomic E-state index is 13.7. The molecule has 0 fully saturated rings. The highest BCUT2D eigenvalue weighted by atomic mass is 16.5. The predicted molar refractivity (Wildman–Crippen MR) is 148 cm³/mol. The van der Waals surface area contributed by atoms with E-state index in [1.165, 1.54) is 0 Å². The van der Waals surface area contributed by atoms with E-state index in [1.54, 1.807) is 25.2 Å². The topological polar surface area (TPSA) is 121 Å². The lowest BCUT2D eigenvalue weighted by molar-refractivity contribution is 0.163. The van der Waals surface area contributed by atoms with Crippen molar-refractivity contribution in [3.05, 3.63) is 100.0 Å². The van der Waals surface area contributed by atoms with Crippen LogP contribution in [0.4, 0.5) is 0 Å². The van der Waals surface area contributed by atoms with E-state index in [0.29, 0.717) is 49.8 Å². The molecule has 0 amide bonds. The zero-order valence-corrected chi connectivity index (χ0v) is 22.7. The van der Waals surface area contributed by atoms with E-state index in [-0.39, 0.29) is 5.56 Å². The van der Waals surface area contributed by atoms with Gasteiger partial charge in [-0.3, -0.25) is 9.69 Å². The third-order valence-electron chi connectivity index (χ3n) is 6.59. The van der Waals surface area contributed by atoms with Gasteiger partial charge in [0, 0.05) is 30.1 Å². The second kappa shape index (κ2) is 12.6. The van der Waals surface area contributed by atoms with Crippen LogP contribution in [0.15, 0.2) is 76.1 Å². The van der Waals surface area contributed by atoms with E-state index in [0.717, 1.165) is 28.2 Å². The van der Waals surface area contributed by atoms with Crippen LogP contribution in [0.1, 0.15) is 35.7 Å². The highest BCUT2D eigenvalue weighted by molar-refractivity contribution is 5.80. The molecule has 0 aliphatic rings. The molecule has 1 N–H and O–H groups in total. The Morgan fingerprint density at radius 3 is 2.73 bits per heavy atom. The van der Waals surface area contributed by atoms with Gasteiger partial charge in [-0.15, -0.1) is 5.10 Å². The van der Waals surface area contributed by atoms with Crippen molar-refractivity contribution in [2.24, 2.45) is 0 Å². The molecule has 0 saturated carbocycles. The first-order chi connectivity index (χ1) is 19.6. The summed E-state index contributed by atoms with van der Waals surface area (Å²) in [4.78, 5) is 18.9. The van der Waals surface area contributed by atoms with Crippen LogP contribution in [0, 0.1) is 0 Å². The quantitative estimate of drug-likeness (QED) is 0.235. The van der Waals surface area contributed by atoms with Gasteiger partial charge in [0.05, 0.1) is 39.7 Å². The van der Waals surface area contributed by atoms with Crippen LogP contribution in [-0.2, 0) is 24.4 Å². The molecular weight excluding hydrogens is 512 g/mol. The first-order valence-corrected chi connectivity index (χ1v) is 13.0. The Morgan fingerprint density at radius 2 is 1.95 bits per heavy atom. The molecule has 0 bridgehead atoms. The molecule has 3 heterocycles. The van der Waals surface area contributed by atoms with Gasteiger partial charge in [-0.1, -0.05) is 12.1 Å². The lowest BCUT2D eigenvalue weighted by Crippen LogP contribution is -2.35. The third kappa shape index (κ3) is 6.05. The third-order valence-corrected chi connectivity index (χ3v) is 6.59. The second-order valence-corrected chi connectivity index (χ2v) is 9.23. The number of fused-ring (bicyclic) bond motifs is 1. The number of ether oxygens (including phenoxy) is 3. The summed E-state index contributed by atoms with van der Waals surface area (Å²) < 4.78 is 23.9. The predicted octanol–water partition coefficient (Wildman–Crippen LogP) is 3.95. The van der Waals surface area contributed by atoms with Crippen molar-refractivity contribution in [2.75, 3.05) is 27.4 Å². The number of furan rings is 1. The van der Waals surface area contributed by atoms with Crippen LogP contribution in [0.3, 0.4) is 0 Å². The van der Waals surface area contributed by atoms with Crippen LogP contribution < -0.4 is 15.0 Å². The molecule has 208 valence electrons. The number of hydrogen-bond donors (Lipinski definition) is 1. The molecule has 2 aromatic carbocycles. The molecule has 11 heteroatoms. The molecule has 0 radical (unpaired) electrons. The fraction of sp³-hybridized carbons (Fsp3) is 0.310. The van der Waals surface area contributed by atoms with Crippen molar-refractivity contribution in [3.8, 4) is 11.5 Å². The fourth-order valence-corrected chi connectivity index (χ4v) is 4.75. The molecule has 0 aliphatic heterocycles. The smallest absolute Gasteiger partial charge is 0.253 e. The summed E-state index contributed by atoms with van der Waals surface area (Å²) in [6, 6.07) is 18.4. The largest absolute Gasteiger partial charge is 0.497 e. The molecule has 5 aromatic rings. The number of aromatic nitrogens is 5. The molecular formula is C29H32N6O5. The first-order valence-electron chi connectivity index (χ1n) is 13.0. The molecule has 40 heavy (non-hydrogen) atoms. The second-order valence-electron chi connectivity index (χ2n) is 9.23. The zero-order valence-electron chi connectivity index (χ0n) is 22.7. The summed E-state index contributed by atoms with van der Waals surface area (Å²) in [5, 5.41) is 13.4. The SMILES string of the molecule is CCOc1ccc2[nH]c(=O)c(C(c3nnnn3CCOC)N(Cc3cccc(OC)c3)Cc3ccco3)cc2c1. The Morgan fingerprint density at radius 1 is 1.05 bits per heavy atom. The standard InChI is InChI=1S/C29H32N6O5/c1-4-39-23-10-11-26-21(16-23)17-25(29(36)30-26)27(28-31-32-33-35(28)12-14-37-2)34(19-24-9-6-13-40-24)18-20-7-5-8-22(15-20)38-3/h5-11,13,15-17,27H,4,12,14,18-19H2,1-3H3,(H,30,36). The van der Waals surface area contributed by atoms with Gasteiger partial charge >= 0.3 is 0 Å². The molecule has 5 rings (SSSR count). The average molecular weight is 545 g/mol. The van der Waals surface area contributed by atoms with Crippen LogP contribution >= 0.6 is 0 Å². The highest BCUT2D eigenvalue weighted by Gasteiger charge is 2.31. The van der Waals surface area contributed by atoms with Crippen LogP contribution in [0.25, 0.3) is 10.9 Å². The van der Waals surface area contributed by atoms with E-state index in [2.05, 4.69) is 25.4 Å². The van der Waals surface area contributed by atoms with E-state index in [9.17, 15) is 4.79 Å².